The minimum Gasteiger partial charge on any atom is -0.491 e. The average Bonchev–Trinajstić information content (AvgIpc) is 3.44. The molecular formula is C25H37IN4O3. The van der Waals surface area contributed by atoms with E-state index < -0.39 is 0 Å². The molecule has 1 atom stereocenters. The number of furan rings is 1. The first-order valence-electron chi connectivity index (χ1n) is 11.7. The Hall–Kier alpha value is -2.23. The SMILES string of the molecule is CCC(CCN=C(NCCc1ccco1)Nc1ccc(OC(C)C)cc1)N1CCCC1=O.I. The summed E-state index contributed by atoms with van der Waals surface area (Å²) in [6.07, 6.45) is 6.06. The van der Waals surface area contributed by atoms with Crippen LogP contribution < -0.4 is 15.4 Å². The van der Waals surface area contributed by atoms with Crippen molar-refractivity contribution in [2.75, 3.05) is 25.0 Å². The number of likely N-dealkylation sites (tertiary alicyclic amines) is 1. The molecule has 3 rings (SSSR count). The summed E-state index contributed by atoms with van der Waals surface area (Å²) in [5.41, 5.74) is 0.937. The maximum absolute atomic E-state index is 12.1. The standard InChI is InChI=1S/C25H36N4O3.HI/c1-4-21(29-17-5-8-24(29)30)13-15-26-25(27-16-14-22-7-6-18-31-22)28-20-9-11-23(12-10-20)32-19(2)3;/h6-7,9-12,18-19,21H,4-5,8,13-17H2,1-3H3,(H2,26,27,28);1H. The van der Waals surface area contributed by atoms with Crippen molar-refractivity contribution in [2.45, 2.75) is 65.0 Å². The number of amides is 1. The summed E-state index contributed by atoms with van der Waals surface area (Å²) in [6.45, 7) is 8.39. The lowest BCUT2D eigenvalue weighted by atomic mass is 10.1. The smallest absolute Gasteiger partial charge is 0.222 e. The van der Waals surface area contributed by atoms with E-state index in [0.717, 1.165) is 55.4 Å². The molecule has 182 valence electrons. The summed E-state index contributed by atoms with van der Waals surface area (Å²) in [5.74, 6) is 2.78. The van der Waals surface area contributed by atoms with Crippen LogP contribution in [-0.4, -0.2) is 48.5 Å². The van der Waals surface area contributed by atoms with Crippen LogP contribution in [0.1, 0.15) is 52.2 Å². The fourth-order valence-corrected chi connectivity index (χ4v) is 3.89. The third-order valence-electron chi connectivity index (χ3n) is 5.49. The Balaban J connectivity index is 0.00000385. The number of rotatable bonds is 11. The molecule has 0 radical (unpaired) electrons. The molecule has 0 aliphatic carbocycles. The maximum atomic E-state index is 12.1. The van der Waals surface area contributed by atoms with Gasteiger partial charge in [0.25, 0.3) is 0 Å². The minimum absolute atomic E-state index is 0. The van der Waals surface area contributed by atoms with Crippen molar-refractivity contribution in [3.05, 3.63) is 48.4 Å². The second-order valence-electron chi connectivity index (χ2n) is 8.34. The number of hydrogen-bond acceptors (Lipinski definition) is 4. The van der Waals surface area contributed by atoms with Gasteiger partial charge in [0.05, 0.1) is 12.4 Å². The number of benzene rings is 1. The zero-order valence-corrected chi connectivity index (χ0v) is 22.2. The van der Waals surface area contributed by atoms with Gasteiger partial charge < -0.3 is 24.7 Å². The lowest BCUT2D eigenvalue weighted by molar-refractivity contribution is -0.129. The summed E-state index contributed by atoms with van der Waals surface area (Å²) in [4.78, 5) is 18.9. The molecule has 0 bridgehead atoms. The maximum Gasteiger partial charge on any atom is 0.222 e. The molecule has 2 aromatic rings. The van der Waals surface area contributed by atoms with E-state index in [4.69, 9.17) is 14.1 Å². The zero-order valence-electron chi connectivity index (χ0n) is 19.9. The van der Waals surface area contributed by atoms with Crippen LogP contribution in [0.2, 0.25) is 0 Å². The van der Waals surface area contributed by atoms with E-state index in [9.17, 15) is 4.79 Å². The average molecular weight is 569 g/mol. The number of hydrogen-bond donors (Lipinski definition) is 2. The van der Waals surface area contributed by atoms with Gasteiger partial charge in [-0.3, -0.25) is 9.79 Å². The number of aliphatic imine (C=N–C) groups is 1. The number of guanidine groups is 1. The predicted octanol–water partition coefficient (Wildman–Crippen LogP) is 5.08. The molecule has 1 aliphatic rings. The van der Waals surface area contributed by atoms with Crippen molar-refractivity contribution in [1.82, 2.24) is 10.2 Å². The third kappa shape index (κ3) is 8.91. The molecule has 7 nitrogen and oxygen atoms in total. The second kappa shape index (κ2) is 14.1. The molecule has 1 fully saturated rings. The van der Waals surface area contributed by atoms with E-state index in [1.54, 1.807) is 6.26 Å². The minimum atomic E-state index is 0. The van der Waals surface area contributed by atoms with Gasteiger partial charge in [-0.2, -0.15) is 0 Å². The number of nitrogens with zero attached hydrogens (tertiary/aromatic N) is 2. The van der Waals surface area contributed by atoms with Crippen molar-refractivity contribution >= 4 is 41.5 Å². The van der Waals surface area contributed by atoms with E-state index in [1.807, 2.05) is 55.1 Å². The van der Waals surface area contributed by atoms with Gasteiger partial charge in [-0.1, -0.05) is 6.92 Å². The lowest BCUT2D eigenvalue weighted by Gasteiger charge is -2.26. The monoisotopic (exact) mass is 568 g/mol. The van der Waals surface area contributed by atoms with Gasteiger partial charge in [-0.25, -0.2) is 0 Å². The zero-order chi connectivity index (χ0) is 22.8. The largest absolute Gasteiger partial charge is 0.491 e. The molecule has 0 saturated carbocycles. The molecule has 1 aromatic heterocycles. The Kier molecular flexibility index (Phi) is 11.6. The summed E-state index contributed by atoms with van der Waals surface area (Å²) < 4.78 is 11.1. The Morgan fingerprint density at radius 2 is 2.03 bits per heavy atom. The first-order chi connectivity index (χ1) is 15.5. The number of carbonyl (C=O) groups is 1. The Morgan fingerprint density at radius 1 is 1.24 bits per heavy atom. The summed E-state index contributed by atoms with van der Waals surface area (Å²) in [5, 5.41) is 6.77. The molecule has 1 aromatic carbocycles. The van der Waals surface area contributed by atoms with Crippen molar-refractivity contribution in [3.63, 3.8) is 0 Å². The van der Waals surface area contributed by atoms with Crippen molar-refractivity contribution in [2.24, 2.45) is 4.99 Å². The molecule has 1 amide bonds. The van der Waals surface area contributed by atoms with Crippen LogP contribution in [-0.2, 0) is 11.2 Å². The van der Waals surface area contributed by atoms with Gasteiger partial charge >= 0.3 is 0 Å². The molecule has 1 unspecified atom stereocenters. The van der Waals surface area contributed by atoms with Crippen molar-refractivity contribution in [3.8, 4) is 5.75 Å². The van der Waals surface area contributed by atoms with Crippen molar-refractivity contribution in [1.29, 1.82) is 0 Å². The van der Waals surface area contributed by atoms with E-state index in [0.29, 0.717) is 19.5 Å². The van der Waals surface area contributed by atoms with Crippen LogP contribution in [0.15, 0.2) is 52.1 Å². The number of halogens is 1. The van der Waals surface area contributed by atoms with Crippen LogP contribution in [0.25, 0.3) is 0 Å². The lowest BCUT2D eigenvalue weighted by Crippen LogP contribution is -2.37. The van der Waals surface area contributed by atoms with Crippen LogP contribution in [0.3, 0.4) is 0 Å². The Bertz CT molecular complexity index is 853. The molecule has 0 spiro atoms. The molecular weight excluding hydrogens is 531 g/mol. The summed E-state index contributed by atoms with van der Waals surface area (Å²) >= 11 is 0. The highest BCUT2D eigenvalue weighted by atomic mass is 127. The predicted molar refractivity (Wildman–Crippen MR) is 144 cm³/mol. The number of carbonyl (C=O) groups excluding carboxylic acids is 1. The first-order valence-corrected chi connectivity index (χ1v) is 11.7. The third-order valence-corrected chi connectivity index (χ3v) is 5.49. The van der Waals surface area contributed by atoms with Gasteiger partial charge in [-0.05, 0) is 69.5 Å². The van der Waals surface area contributed by atoms with Crippen LogP contribution in [0, 0.1) is 0 Å². The van der Waals surface area contributed by atoms with Crippen LogP contribution in [0.4, 0.5) is 5.69 Å². The van der Waals surface area contributed by atoms with Gasteiger partial charge in [0.1, 0.15) is 11.5 Å². The Labute approximate surface area is 214 Å². The van der Waals surface area contributed by atoms with Crippen LogP contribution >= 0.6 is 24.0 Å². The highest BCUT2D eigenvalue weighted by molar-refractivity contribution is 14.0. The van der Waals surface area contributed by atoms with Gasteiger partial charge in [0, 0.05) is 44.2 Å². The normalized spacial score (nSPS) is 14.8. The first kappa shape index (κ1) is 27.0. The second-order valence-corrected chi connectivity index (χ2v) is 8.34. The van der Waals surface area contributed by atoms with Crippen molar-refractivity contribution < 1.29 is 13.9 Å². The molecule has 33 heavy (non-hydrogen) atoms. The number of ether oxygens (including phenoxy) is 1. The topological polar surface area (TPSA) is 79.1 Å². The highest BCUT2D eigenvalue weighted by Gasteiger charge is 2.26. The van der Waals surface area contributed by atoms with E-state index >= 15 is 0 Å². The van der Waals surface area contributed by atoms with Gasteiger partial charge in [0.2, 0.25) is 5.91 Å². The quantitative estimate of drug-likeness (QED) is 0.225. The highest BCUT2D eigenvalue weighted by Crippen LogP contribution is 2.19. The number of nitrogens with one attached hydrogen (secondary N) is 2. The fourth-order valence-electron chi connectivity index (χ4n) is 3.89. The Morgan fingerprint density at radius 3 is 2.64 bits per heavy atom. The molecule has 1 aliphatic heterocycles. The molecule has 1 saturated heterocycles. The van der Waals surface area contributed by atoms with Crippen LogP contribution in [0.5, 0.6) is 5.75 Å². The summed E-state index contributed by atoms with van der Waals surface area (Å²) in [7, 11) is 0. The molecule has 8 heteroatoms. The fraction of sp³-hybridized carbons (Fsp3) is 0.520. The number of anilines is 1. The van der Waals surface area contributed by atoms with E-state index in [1.165, 1.54) is 0 Å². The molecule has 2 N–H and O–H groups in total. The summed E-state index contributed by atoms with van der Waals surface area (Å²) in [6, 6.07) is 12.0. The van der Waals surface area contributed by atoms with E-state index in [2.05, 4.69) is 17.6 Å². The van der Waals surface area contributed by atoms with Gasteiger partial charge in [0.15, 0.2) is 5.96 Å². The van der Waals surface area contributed by atoms with E-state index in [-0.39, 0.29) is 42.0 Å². The molecule has 2 heterocycles. The van der Waals surface area contributed by atoms with Gasteiger partial charge in [-0.15, -0.1) is 24.0 Å².